The molecule has 0 aliphatic heterocycles. The van der Waals surface area contributed by atoms with Crippen LogP contribution in [0.2, 0.25) is 10.0 Å². The average molecular weight is 323 g/mol. The highest BCUT2D eigenvalue weighted by molar-refractivity contribution is 6.31. The van der Waals surface area contributed by atoms with Crippen molar-refractivity contribution in [1.29, 1.82) is 0 Å². The summed E-state index contributed by atoms with van der Waals surface area (Å²) in [5, 5.41) is 4.18. The molecule has 0 radical (unpaired) electrons. The second kappa shape index (κ2) is 6.83. The van der Waals surface area contributed by atoms with Crippen LogP contribution in [-0.2, 0) is 6.54 Å². The van der Waals surface area contributed by atoms with Crippen LogP contribution >= 0.6 is 23.2 Å². The van der Waals surface area contributed by atoms with Gasteiger partial charge in [-0.2, -0.15) is 0 Å². The van der Waals surface area contributed by atoms with Gasteiger partial charge in [0, 0.05) is 36.4 Å². The van der Waals surface area contributed by atoms with Gasteiger partial charge in [-0.05, 0) is 29.8 Å². The van der Waals surface area contributed by atoms with Crippen molar-refractivity contribution >= 4 is 34.8 Å². The molecule has 1 amide bonds. The molecule has 0 saturated heterocycles. The number of carbonyl (C=O) groups is 1. The fraction of sp³-hybridized carbons (Fsp3) is 0.188. The largest absolute Gasteiger partial charge is 0.387 e. The summed E-state index contributed by atoms with van der Waals surface area (Å²) in [7, 11) is 3.51. The number of nitrogens with zero attached hydrogens (tertiary/aromatic N) is 1. The van der Waals surface area contributed by atoms with E-state index in [1.165, 1.54) is 0 Å². The number of halogens is 2. The SMILES string of the molecule is CNc1ccc(Cl)cc1C(=O)N(C)Cc1ccccc1Cl. The topological polar surface area (TPSA) is 32.3 Å². The Morgan fingerprint density at radius 3 is 2.57 bits per heavy atom. The van der Waals surface area contributed by atoms with E-state index in [2.05, 4.69) is 5.32 Å². The van der Waals surface area contributed by atoms with Gasteiger partial charge in [0.05, 0.1) is 5.56 Å². The Bertz CT molecular complexity index is 658. The van der Waals surface area contributed by atoms with Gasteiger partial charge in [-0.1, -0.05) is 41.4 Å². The Kier molecular flexibility index (Phi) is 5.10. The molecule has 1 N–H and O–H groups in total. The highest BCUT2D eigenvalue weighted by Gasteiger charge is 2.17. The monoisotopic (exact) mass is 322 g/mol. The van der Waals surface area contributed by atoms with Gasteiger partial charge >= 0.3 is 0 Å². The summed E-state index contributed by atoms with van der Waals surface area (Å²) in [5.74, 6) is -0.109. The van der Waals surface area contributed by atoms with Gasteiger partial charge in [0.1, 0.15) is 0 Å². The van der Waals surface area contributed by atoms with E-state index in [4.69, 9.17) is 23.2 Å². The molecule has 3 nitrogen and oxygen atoms in total. The van der Waals surface area contributed by atoms with Crippen LogP contribution < -0.4 is 5.32 Å². The molecule has 0 heterocycles. The van der Waals surface area contributed by atoms with Crippen LogP contribution in [0.25, 0.3) is 0 Å². The van der Waals surface area contributed by atoms with Gasteiger partial charge in [0.2, 0.25) is 0 Å². The first-order chi connectivity index (χ1) is 10.0. The van der Waals surface area contributed by atoms with Gasteiger partial charge in [0.25, 0.3) is 5.91 Å². The number of amides is 1. The van der Waals surface area contributed by atoms with Crippen LogP contribution in [0.1, 0.15) is 15.9 Å². The Morgan fingerprint density at radius 2 is 1.90 bits per heavy atom. The summed E-state index contributed by atoms with van der Waals surface area (Å²) in [4.78, 5) is 14.2. The zero-order valence-electron chi connectivity index (χ0n) is 11.9. The number of carbonyl (C=O) groups excluding carboxylic acids is 1. The van der Waals surface area contributed by atoms with Crippen molar-refractivity contribution in [2.45, 2.75) is 6.54 Å². The molecule has 110 valence electrons. The zero-order valence-corrected chi connectivity index (χ0v) is 13.4. The number of hydrogen-bond donors (Lipinski definition) is 1. The first-order valence-electron chi connectivity index (χ1n) is 6.49. The summed E-state index contributed by atoms with van der Waals surface area (Å²) >= 11 is 12.1. The van der Waals surface area contributed by atoms with Crippen molar-refractivity contribution in [3.8, 4) is 0 Å². The standard InChI is InChI=1S/C16H16Cl2N2O/c1-19-15-8-7-12(17)9-13(15)16(21)20(2)10-11-5-3-4-6-14(11)18/h3-9,19H,10H2,1-2H3. The molecule has 5 heteroatoms. The molecule has 2 rings (SSSR count). The molecule has 0 aliphatic rings. The highest BCUT2D eigenvalue weighted by Crippen LogP contribution is 2.23. The first kappa shape index (κ1) is 15.7. The van der Waals surface area contributed by atoms with E-state index in [1.54, 1.807) is 37.2 Å². The van der Waals surface area contributed by atoms with Gasteiger partial charge < -0.3 is 10.2 Å². The minimum Gasteiger partial charge on any atom is -0.387 e. The lowest BCUT2D eigenvalue weighted by atomic mass is 10.1. The molecule has 0 saturated carbocycles. The second-order valence-corrected chi connectivity index (χ2v) is 5.54. The van der Waals surface area contributed by atoms with Crippen molar-refractivity contribution in [3.05, 3.63) is 63.6 Å². The van der Waals surface area contributed by atoms with Crippen LogP contribution in [0.3, 0.4) is 0 Å². The molecule has 0 spiro atoms. The molecular formula is C16H16Cl2N2O. The Balaban J connectivity index is 2.24. The molecule has 0 aliphatic carbocycles. The summed E-state index contributed by atoms with van der Waals surface area (Å²) in [6.45, 7) is 0.439. The van der Waals surface area contributed by atoms with Crippen molar-refractivity contribution in [3.63, 3.8) is 0 Å². The molecule has 0 unspecified atom stereocenters. The second-order valence-electron chi connectivity index (χ2n) is 4.69. The Morgan fingerprint density at radius 1 is 1.19 bits per heavy atom. The number of anilines is 1. The third-order valence-corrected chi connectivity index (χ3v) is 3.80. The fourth-order valence-corrected chi connectivity index (χ4v) is 2.44. The average Bonchev–Trinajstić information content (AvgIpc) is 2.48. The predicted molar refractivity (Wildman–Crippen MR) is 88.2 cm³/mol. The van der Waals surface area contributed by atoms with E-state index in [0.717, 1.165) is 11.3 Å². The third kappa shape index (κ3) is 3.69. The third-order valence-electron chi connectivity index (χ3n) is 3.19. The van der Waals surface area contributed by atoms with Crippen LogP contribution in [0.4, 0.5) is 5.69 Å². The maximum atomic E-state index is 12.6. The quantitative estimate of drug-likeness (QED) is 0.909. The van der Waals surface area contributed by atoms with Gasteiger partial charge in [-0.15, -0.1) is 0 Å². The predicted octanol–water partition coefficient (Wildman–Crippen LogP) is 4.31. The molecule has 2 aromatic rings. The van der Waals surface area contributed by atoms with Crippen LogP contribution in [0.15, 0.2) is 42.5 Å². The maximum absolute atomic E-state index is 12.6. The molecule has 0 aromatic heterocycles. The maximum Gasteiger partial charge on any atom is 0.256 e. The Hall–Kier alpha value is -1.71. The van der Waals surface area contributed by atoms with Gasteiger partial charge in [-0.25, -0.2) is 0 Å². The molecule has 0 atom stereocenters. The van der Waals surface area contributed by atoms with Crippen molar-refractivity contribution in [2.24, 2.45) is 0 Å². The van der Waals surface area contributed by atoms with E-state index in [0.29, 0.717) is 22.2 Å². The lowest BCUT2D eigenvalue weighted by molar-refractivity contribution is 0.0786. The molecule has 21 heavy (non-hydrogen) atoms. The van der Waals surface area contributed by atoms with E-state index in [1.807, 2.05) is 24.3 Å². The molecule has 0 bridgehead atoms. The van der Waals surface area contributed by atoms with Gasteiger partial charge in [-0.3, -0.25) is 4.79 Å². The lowest BCUT2D eigenvalue weighted by Gasteiger charge is -2.20. The van der Waals surface area contributed by atoms with Crippen molar-refractivity contribution < 1.29 is 4.79 Å². The minimum absolute atomic E-state index is 0.109. The number of hydrogen-bond acceptors (Lipinski definition) is 2. The van der Waals surface area contributed by atoms with Crippen molar-refractivity contribution in [1.82, 2.24) is 4.90 Å². The first-order valence-corrected chi connectivity index (χ1v) is 7.24. The minimum atomic E-state index is -0.109. The summed E-state index contributed by atoms with van der Waals surface area (Å²) in [6, 6.07) is 12.7. The molecule has 2 aromatic carbocycles. The number of rotatable bonds is 4. The fourth-order valence-electron chi connectivity index (χ4n) is 2.07. The van der Waals surface area contributed by atoms with Crippen LogP contribution in [-0.4, -0.2) is 24.9 Å². The van der Waals surface area contributed by atoms with E-state index < -0.39 is 0 Å². The molecular weight excluding hydrogens is 307 g/mol. The summed E-state index contributed by atoms with van der Waals surface area (Å²) < 4.78 is 0. The number of nitrogens with one attached hydrogen (secondary N) is 1. The smallest absolute Gasteiger partial charge is 0.256 e. The number of benzene rings is 2. The zero-order chi connectivity index (χ0) is 15.4. The summed E-state index contributed by atoms with van der Waals surface area (Å²) in [6.07, 6.45) is 0. The highest BCUT2D eigenvalue weighted by atomic mass is 35.5. The normalized spacial score (nSPS) is 10.3. The van der Waals surface area contributed by atoms with E-state index in [9.17, 15) is 4.79 Å². The molecule has 0 fully saturated rings. The van der Waals surface area contributed by atoms with E-state index >= 15 is 0 Å². The van der Waals surface area contributed by atoms with Crippen LogP contribution in [0.5, 0.6) is 0 Å². The van der Waals surface area contributed by atoms with E-state index in [-0.39, 0.29) is 5.91 Å². The summed E-state index contributed by atoms with van der Waals surface area (Å²) in [5.41, 5.74) is 2.19. The van der Waals surface area contributed by atoms with Crippen molar-refractivity contribution in [2.75, 3.05) is 19.4 Å². The van der Waals surface area contributed by atoms with Gasteiger partial charge in [0.15, 0.2) is 0 Å². The Labute approximate surface area is 134 Å². The lowest BCUT2D eigenvalue weighted by Crippen LogP contribution is -2.27. The van der Waals surface area contributed by atoms with Crippen LogP contribution in [0, 0.1) is 0 Å².